The Hall–Kier alpha value is -1.09. The highest BCUT2D eigenvalue weighted by Crippen LogP contribution is 2.08. The van der Waals surface area contributed by atoms with Gasteiger partial charge in [0.2, 0.25) is 0 Å². The normalized spacial score (nSPS) is 14.4. The summed E-state index contributed by atoms with van der Waals surface area (Å²) in [5, 5.41) is 7.43. The predicted molar refractivity (Wildman–Crippen MR) is 60.1 cm³/mol. The van der Waals surface area contributed by atoms with Gasteiger partial charge < -0.3 is 5.32 Å². The Labute approximate surface area is 85.8 Å². The molecule has 0 aromatic carbocycles. The standard InChI is InChI=1S/C11H19N3/c1-5-14-8-11(7-13-14)6-9(2)10(3)12-4/h6-8,10,12H,5H2,1-4H3/b9-6-. The molecular weight excluding hydrogens is 174 g/mol. The van der Waals surface area contributed by atoms with E-state index in [4.69, 9.17) is 0 Å². The molecule has 3 heteroatoms. The first-order valence-corrected chi connectivity index (χ1v) is 5.05. The Morgan fingerprint density at radius 1 is 1.71 bits per heavy atom. The lowest BCUT2D eigenvalue weighted by atomic mass is 10.1. The summed E-state index contributed by atoms with van der Waals surface area (Å²) in [7, 11) is 1.97. The van der Waals surface area contributed by atoms with E-state index < -0.39 is 0 Å². The highest BCUT2D eigenvalue weighted by molar-refractivity contribution is 5.51. The summed E-state index contributed by atoms with van der Waals surface area (Å²) >= 11 is 0. The molecule has 1 heterocycles. The van der Waals surface area contributed by atoms with E-state index in [1.165, 1.54) is 11.1 Å². The zero-order chi connectivity index (χ0) is 10.6. The number of likely N-dealkylation sites (N-methyl/N-ethyl adjacent to an activating group) is 1. The fourth-order valence-electron chi connectivity index (χ4n) is 1.24. The van der Waals surface area contributed by atoms with Crippen molar-refractivity contribution in [2.45, 2.75) is 33.4 Å². The van der Waals surface area contributed by atoms with E-state index >= 15 is 0 Å². The smallest absolute Gasteiger partial charge is 0.0562 e. The second kappa shape index (κ2) is 4.96. The summed E-state index contributed by atoms with van der Waals surface area (Å²) in [6, 6.07) is 0.417. The van der Waals surface area contributed by atoms with Crippen LogP contribution in [0.5, 0.6) is 0 Å². The van der Waals surface area contributed by atoms with E-state index in [0.29, 0.717) is 6.04 Å². The van der Waals surface area contributed by atoms with Crippen LogP contribution in [0, 0.1) is 0 Å². The number of aryl methyl sites for hydroxylation is 1. The average Bonchev–Trinajstić information content (AvgIpc) is 2.64. The van der Waals surface area contributed by atoms with Crippen LogP contribution in [0.25, 0.3) is 6.08 Å². The molecule has 0 amide bonds. The van der Waals surface area contributed by atoms with Crippen LogP contribution < -0.4 is 5.32 Å². The third kappa shape index (κ3) is 2.70. The third-order valence-corrected chi connectivity index (χ3v) is 2.49. The highest BCUT2D eigenvalue weighted by Gasteiger charge is 2.01. The SMILES string of the molecule is CCn1cc(/C=C(/C)C(C)NC)cn1. The van der Waals surface area contributed by atoms with E-state index in [0.717, 1.165) is 6.54 Å². The van der Waals surface area contributed by atoms with E-state index in [2.05, 4.69) is 43.5 Å². The molecule has 1 aromatic rings. The second-order valence-corrected chi connectivity index (χ2v) is 3.53. The van der Waals surface area contributed by atoms with Gasteiger partial charge in [0, 0.05) is 24.3 Å². The lowest BCUT2D eigenvalue weighted by Gasteiger charge is -2.09. The molecule has 0 fully saturated rings. The Kier molecular flexibility index (Phi) is 3.89. The highest BCUT2D eigenvalue weighted by atomic mass is 15.3. The maximum absolute atomic E-state index is 4.22. The van der Waals surface area contributed by atoms with Crippen molar-refractivity contribution in [3.05, 3.63) is 23.5 Å². The number of nitrogens with one attached hydrogen (secondary N) is 1. The third-order valence-electron chi connectivity index (χ3n) is 2.49. The molecule has 0 aliphatic carbocycles. The molecule has 1 rings (SSSR count). The number of rotatable bonds is 4. The van der Waals surface area contributed by atoms with Crippen molar-refractivity contribution in [3.63, 3.8) is 0 Å². The second-order valence-electron chi connectivity index (χ2n) is 3.53. The molecule has 0 aliphatic rings. The summed E-state index contributed by atoms with van der Waals surface area (Å²) in [4.78, 5) is 0. The summed E-state index contributed by atoms with van der Waals surface area (Å²) in [5.41, 5.74) is 2.50. The molecule has 78 valence electrons. The van der Waals surface area contributed by atoms with Crippen LogP contribution in [0.4, 0.5) is 0 Å². The van der Waals surface area contributed by atoms with Crippen molar-refractivity contribution < 1.29 is 0 Å². The van der Waals surface area contributed by atoms with Gasteiger partial charge in [0.25, 0.3) is 0 Å². The Morgan fingerprint density at radius 3 is 2.93 bits per heavy atom. The molecule has 0 spiro atoms. The molecule has 0 radical (unpaired) electrons. The monoisotopic (exact) mass is 193 g/mol. The van der Waals surface area contributed by atoms with Gasteiger partial charge in [-0.3, -0.25) is 4.68 Å². The van der Waals surface area contributed by atoms with Gasteiger partial charge in [-0.25, -0.2) is 0 Å². The molecule has 0 saturated heterocycles. The molecule has 1 unspecified atom stereocenters. The minimum Gasteiger partial charge on any atom is -0.314 e. The van der Waals surface area contributed by atoms with Crippen LogP contribution in [-0.4, -0.2) is 22.9 Å². The molecule has 1 atom stereocenters. The maximum Gasteiger partial charge on any atom is 0.0562 e. The number of aromatic nitrogens is 2. The van der Waals surface area contributed by atoms with E-state index in [9.17, 15) is 0 Å². The molecule has 0 saturated carbocycles. The van der Waals surface area contributed by atoms with Gasteiger partial charge in [0.1, 0.15) is 0 Å². The minimum absolute atomic E-state index is 0.417. The summed E-state index contributed by atoms with van der Waals surface area (Å²) in [6.07, 6.45) is 6.13. The molecule has 14 heavy (non-hydrogen) atoms. The lowest BCUT2D eigenvalue weighted by Crippen LogP contribution is -2.21. The van der Waals surface area contributed by atoms with Gasteiger partial charge in [0.15, 0.2) is 0 Å². The van der Waals surface area contributed by atoms with Crippen molar-refractivity contribution in [1.29, 1.82) is 0 Å². The molecule has 1 aromatic heterocycles. The van der Waals surface area contributed by atoms with Crippen LogP contribution in [0.15, 0.2) is 18.0 Å². The summed E-state index contributed by atoms with van der Waals surface area (Å²) < 4.78 is 1.93. The largest absolute Gasteiger partial charge is 0.314 e. The van der Waals surface area contributed by atoms with Crippen LogP contribution >= 0.6 is 0 Å². The molecule has 3 nitrogen and oxygen atoms in total. The number of hydrogen-bond acceptors (Lipinski definition) is 2. The Morgan fingerprint density at radius 2 is 2.43 bits per heavy atom. The predicted octanol–water partition coefficient (Wildman–Crippen LogP) is 1.91. The van der Waals surface area contributed by atoms with Gasteiger partial charge in [-0.15, -0.1) is 0 Å². The van der Waals surface area contributed by atoms with Gasteiger partial charge in [-0.05, 0) is 27.8 Å². The number of hydrogen-bond donors (Lipinski definition) is 1. The summed E-state index contributed by atoms with van der Waals surface area (Å²) in [5.74, 6) is 0. The zero-order valence-corrected chi connectivity index (χ0v) is 9.41. The van der Waals surface area contributed by atoms with E-state index in [-0.39, 0.29) is 0 Å². The average molecular weight is 193 g/mol. The van der Waals surface area contributed by atoms with Crippen molar-refractivity contribution in [2.24, 2.45) is 0 Å². The lowest BCUT2D eigenvalue weighted by molar-refractivity contribution is 0.659. The quantitative estimate of drug-likeness (QED) is 0.791. The van der Waals surface area contributed by atoms with Gasteiger partial charge in [0.05, 0.1) is 6.20 Å². The maximum atomic E-state index is 4.22. The van der Waals surface area contributed by atoms with Crippen LogP contribution in [0.1, 0.15) is 26.3 Å². The topological polar surface area (TPSA) is 29.9 Å². The fraction of sp³-hybridized carbons (Fsp3) is 0.545. The minimum atomic E-state index is 0.417. The zero-order valence-electron chi connectivity index (χ0n) is 9.41. The Balaban J connectivity index is 2.75. The Bertz CT molecular complexity index is 312. The molecule has 0 bridgehead atoms. The van der Waals surface area contributed by atoms with Gasteiger partial charge in [-0.1, -0.05) is 11.6 Å². The van der Waals surface area contributed by atoms with Gasteiger partial charge >= 0.3 is 0 Å². The first-order chi connectivity index (χ1) is 6.67. The van der Waals surface area contributed by atoms with Crippen molar-refractivity contribution in [3.8, 4) is 0 Å². The molecule has 1 N–H and O–H groups in total. The number of nitrogens with zero attached hydrogens (tertiary/aromatic N) is 2. The first kappa shape index (κ1) is 11.0. The first-order valence-electron chi connectivity index (χ1n) is 5.05. The van der Waals surface area contributed by atoms with Crippen molar-refractivity contribution in [2.75, 3.05) is 7.05 Å². The van der Waals surface area contributed by atoms with Crippen molar-refractivity contribution >= 4 is 6.08 Å². The fourth-order valence-corrected chi connectivity index (χ4v) is 1.24. The summed E-state index contributed by atoms with van der Waals surface area (Å²) in [6.45, 7) is 7.29. The van der Waals surface area contributed by atoms with E-state index in [1.807, 2.05) is 17.9 Å². The van der Waals surface area contributed by atoms with Crippen LogP contribution in [-0.2, 0) is 6.54 Å². The van der Waals surface area contributed by atoms with Crippen molar-refractivity contribution in [1.82, 2.24) is 15.1 Å². The molecule has 0 aliphatic heterocycles. The molecular formula is C11H19N3. The van der Waals surface area contributed by atoms with Crippen LogP contribution in [0.3, 0.4) is 0 Å². The van der Waals surface area contributed by atoms with Crippen LogP contribution in [0.2, 0.25) is 0 Å². The van der Waals surface area contributed by atoms with Gasteiger partial charge in [-0.2, -0.15) is 5.10 Å². The van der Waals surface area contributed by atoms with E-state index in [1.54, 1.807) is 0 Å².